The van der Waals surface area contributed by atoms with Gasteiger partial charge in [-0.3, -0.25) is 14.4 Å². The molecule has 1 aliphatic rings. The van der Waals surface area contributed by atoms with Crippen molar-refractivity contribution in [1.82, 2.24) is 24.6 Å². The maximum Gasteiger partial charge on any atom is 0.258 e. The van der Waals surface area contributed by atoms with Crippen molar-refractivity contribution >= 4 is 28.8 Å². The Morgan fingerprint density at radius 1 is 1.18 bits per heavy atom. The highest BCUT2D eigenvalue weighted by Crippen LogP contribution is 2.27. The van der Waals surface area contributed by atoms with Gasteiger partial charge in [0.2, 0.25) is 0 Å². The fraction of sp³-hybridized carbons (Fsp3) is 0.458. The van der Waals surface area contributed by atoms with Gasteiger partial charge in [0.05, 0.1) is 24.1 Å². The summed E-state index contributed by atoms with van der Waals surface area (Å²) in [5, 5.41) is 8.05. The molecule has 2 aromatic heterocycles. The molecule has 1 saturated heterocycles. The van der Waals surface area contributed by atoms with Crippen LogP contribution < -0.4 is 4.74 Å². The summed E-state index contributed by atoms with van der Waals surface area (Å²) in [5.74, 6) is 1.22. The van der Waals surface area contributed by atoms with Gasteiger partial charge in [-0.15, -0.1) is 11.3 Å². The number of halogens is 1. The van der Waals surface area contributed by atoms with Crippen LogP contribution in [0.15, 0.2) is 29.6 Å². The molecule has 0 spiro atoms. The molecule has 3 aromatic rings. The number of thiazole rings is 1. The molecule has 0 atom stereocenters. The summed E-state index contributed by atoms with van der Waals surface area (Å²) in [6.45, 7) is 10.5. The Kier molecular flexibility index (Phi) is 7.36. The third kappa shape index (κ3) is 5.39. The molecule has 0 bridgehead atoms. The van der Waals surface area contributed by atoms with E-state index in [1.165, 1.54) is 0 Å². The van der Waals surface area contributed by atoms with E-state index in [1.807, 2.05) is 36.1 Å². The number of aryl methyl sites for hydroxylation is 1. The number of carbonyl (C=O) groups is 1. The average molecular weight is 488 g/mol. The molecule has 9 heteroatoms. The van der Waals surface area contributed by atoms with E-state index in [1.54, 1.807) is 23.1 Å². The first-order valence-electron chi connectivity index (χ1n) is 11.2. The van der Waals surface area contributed by atoms with Gasteiger partial charge in [0.25, 0.3) is 5.91 Å². The first kappa shape index (κ1) is 23.7. The Hall–Kier alpha value is -2.42. The summed E-state index contributed by atoms with van der Waals surface area (Å²) in [6.07, 6.45) is 0. The van der Waals surface area contributed by atoms with Crippen molar-refractivity contribution in [2.75, 3.05) is 33.3 Å². The maximum atomic E-state index is 13.2. The predicted molar refractivity (Wildman–Crippen MR) is 132 cm³/mol. The topological polar surface area (TPSA) is 63.5 Å². The zero-order valence-corrected chi connectivity index (χ0v) is 21.1. The van der Waals surface area contributed by atoms with E-state index < -0.39 is 0 Å². The minimum absolute atomic E-state index is 0.0254. The second kappa shape index (κ2) is 10.2. The van der Waals surface area contributed by atoms with E-state index >= 15 is 0 Å². The number of carbonyl (C=O) groups excluding carboxylic acids is 1. The molecule has 7 nitrogen and oxygen atoms in total. The molecule has 1 aromatic carbocycles. The minimum Gasteiger partial charge on any atom is -0.497 e. The van der Waals surface area contributed by atoms with Gasteiger partial charge in [-0.2, -0.15) is 5.10 Å². The molecule has 0 saturated carbocycles. The second-order valence-electron chi connectivity index (χ2n) is 8.77. The number of methoxy groups -OCH3 is 1. The van der Waals surface area contributed by atoms with Crippen LogP contribution in [0.4, 0.5) is 0 Å². The lowest BCUT2D eigenvalue weighted by molar-refractivity contribution is 0.0626. The first-order valence-corrected chi connectivity index (χ1v) is 12.4. The van der Waals surface area contributed by atoms with Gasteiger partial charge in [0.1, 0.15) is 15.9 Å². The van der Waals surface area contributed by atoms with Crippen LogP contribution in [0.2, 0.25) is 5.15 Å². The van der Waals surface area contributed by atoms with Crippen LogP contribution in [0.5, 0.6) is 5.75 Å². The third-order valence-corrected chi connectivity index (χ3v) is 7.08. The molecular formula is C24H30ClN5O2S. The highest BCUT2D eigenvalue weighted by molar-refractivity contribution is 7.13. The Morgan fingerprint density at radius 2 is 1.88 bits per heavy atom. The second-order valence-corrected chi connectivity index (χ2v) is 9.98. The Morgan fingerprint density at radius 3 is 2.52 bits per heavy atom. The summed E-state index contributed by atoms with van der Waals surface area (Å²) < 4.78 is 6.97. The predicted octanol–water partition coefficient (Wildman–Crippen LogP) is 4.59. The van der Waals surface area contributed by atoms with Crippen LogP contribution in [0.3, 0.4) is 0 Å². The fourth-order valence-electron chi connectivity index (χ4n) is 4.01. The van der Waals surface area contributed by atoms with E-state index in [9.17, 15) is 4.79 Å². The molecule has 0 unspecified atom stereocenters. The molecule has 1 amide bonds. The van der Waals surface area contributed by atoms with Gasteiger partial charge in [-0.1, -0.05) is 25.4 Å². The SMILES string of the molecule is COc1ccc(-c2nc(CN3CCN(C(=O)c4c(C)nn(CC(C)C)c4Cl)CC3)cs2)cc1. The largest absolute Gasteiger partial charge is 0.497 e. The van der Waals surface area contributed by atoms with Crippen LogP contribution in [-0.2, 0) is 13.1 Å². The van der Waals surface area contributed by atoms with Gasteiger partial charge in [0, 0.05) is 50.2 Å². The highest BCUT2D eigenvalue weighted by Gasteiger charge is 2.28. The number of piperazine rings is 1. The number of benzene rings is 1. The first-order chi connectivity index (χ1) is 15.9. The van der Waals surface area contributed by atoms with Crippen molar-refractivity contribution in [2.45, 2.75) is 33.9 Å². The van der Waals surface area contributed by atoms with E-state index in [0.717, 1.165) is 41.6 Å². The zero-order chi connectivity index (χ0) is 23.5. The number of rotatable bonds is 7. The highest BCUT2D eigenvalue weighted by atomic mass is 35.5. The molecule has 0 aliphatic carbocycles. The number of hydrogen-bond acceptors (Lipinski definition) is 6. The smallest absolute Gasteiger partial charge is 0.258 e. The summed E-state index contributed by atoms with van der Waals surface area (Å²) >= 11 is 8.17. The number of ether oxygens (including phenoxy) is 1. The molecule has 3 heterocycles. The summed E-state index contributed by atoms with van der Waals surface area (Å²) in [5.41, 5.74) is 3.38. The van der Waals surface area contributed by atoms with Crippen LogP contribution in [0.25, 0.3) is 10.6 Å². The monoisotopic (exact) mass is 487 g/mol. The van der Waals surface area contributed by atoms with Crippen molar-refractivity contribution < 1.29 is 9.53 Å². The molecule has 1 aliphatic heterocycles. The Balaban J connectivity index is 1.34. The van der Waals surface area contributed by atoms with Gasteiger partial charge in [-0.05, 0) is 37.1 Å². The summed E-state index contributed by atoms with van der Waals surface area (Å²) in [6, 6.07) is 7.96. The number of hydrogen-bond donors (Lipinski definition) is 0. The van der Waals surface area contributed by atoms with E-state index in [2.05, 4.69) is 29.2 Å². The van der Waals surface area contributed by atoms with Gasteiger partial charge in [0.15, 0.2) is 0 Å². The Bertz CT molecular complexity index is 1100. The van der Waals surface area contributed by atoms with Crippen LogP contribution in [0.1, 0.15) is 35.6 Å². The van der Waals surface area contributed by atoms with Crippen molar-refractivity contribution in [2.24, 2.45) is 5.92 Å². The van der Waals surface area contributed by atoms with Gasteiger partial charge >= 0.3 is 0 Å². The number of amides is 1. The minimum atomic E-state index is -0.0254. The van der Waals surface area contributed by atoms with Crippen LogP contribution in [0, 0.1) is 12.8 Å². The van der Waals surface area contributed by atoms with Crippen molar-refractivity contribution in [3.8, 4) is 16.3 Å². The molecule has 0 N–H and O–H groups in total. The zero-order valence-electron chi connectivity index (χ0n) is 19.5. The molecule has 176 valence electrons. The van der Waals surface area contributed by atoms with E-state index in [4.69, 9.17) is 21.3 Å². The maximum absolute atomic E-state index is 13.2. The lowest BCUT2D eigenvalue weighted by Crippen LogP contribution is -2.48. The van der Waals surface area contributed by atoms with Gasteiger partial charge < -0.3 is 9.64 Å². The molecular weight excluding hydrogens is 458 g/mol. The van der Waals surface area contributed by atoms with E-state index in [0.29, 0.717) is 42.0 Å². The van der Waals surface area contributed by atoms with Crippen LogP contribution >= 0.6 is 22.9 Å². The average Bonchev–Trinajstić information content (AvgIpc) is 3.37. The summed E-state index contributed by atoms with van der Waals surface area (Å²) in [7, 11) is 1.67. The normalized spacial score (nSPS) is 14.8. The number of aromatic nitrogens is 3. The summed E-state index contributed by atoms with van der Waals surface area (Å²) in [4.78, 5) is 22.2. The lowest BCUT2D eigenvalue weighted by Gasteiger charge is -2.34. The van der Waals surface area contributed by atoms with E-state index in [-0.39, 0.29) is 5.91 Å². The fourth-order valence-corrected chi connectivity index (χ4v) is 5.15. The number of nitrogens with zero attached hydrogens (tertiary/aromatic N) is 5. The molecule has 33 heavy (non-hydrogen) atoms. The third-order valence-electron chi connectivity index (χ3n) is 5.75. The standard InChI is InChI=1S/C24H30ClN5O2S/c1-16(2)13-30-22(25)21(17(3)27-30)24(31)29-11-9-28(10-12-29)14-19-15-33-23(26-19)18-5-7-20(32-4)8-6-18/h5-8,15-16H,9-14H2,1-4H3. The van der Waals surface area contributed by atoms with Crippen molar-refractivity contribution in [1.29, 1.82) is 0 Å². The molecule has 4 rings (SSSR count). The van der Waals surface area contributed by atoms with Gasteiger partial charge in [-0.25, -0.2) is 4.98 Å². The van der Waals surface area contributed by atoms with Crippen LogP contribution in [-0.4, -0.2) is 63.8 Å². The van der Waals surface area contributed by atoms with Crippen molar-refractivity contribution in [3.63, 3.8) is 0 Å². The van der Waals surface area contributed by atoms with Crippen molar-refractivity contribution in [3.05, 3.63) is 51.7 Å². The molecule has 1 fully saturated rings. The Labute approximate surface area is 203 Å². The lowest BCUT2D eigenvalue weighted by atomic mass is 10.2. The molecule has 0 radical (unpaired) electrons. The quantitative estimate of drug-likeness (QED) is 0.487.